The van der Waals surface area contributed by atoms with Crippen LogP contribution in [-0.2, 0) is 4.79 Å². The first-order chi connectivity index (χ1) is 7.38. The van der Waals surface area contributed by atoms with Crippen LogP contribution in [0.15, 0.2) is 12.7 Å². The van der Waals surface area contributed by atoms with Crippen LogP contribution in [0.5, 0.6) is 0 Å². The number of rotatable bonds is 1. The van der Waals surface area contributed by atoms with Crippen molar-refractivity contribution in [3.05, 3.63) is 12.7 Å². The minimum Gasteiger partial charge on any atom is -0.393 e. The van der Waals surface area contributed by atoms with Crippen molar-refractivity contribution in [2.75, 3.05) is 0 Å². The van der Waals surface area contributed by atoms with Gasteiger partial charge < -0.3 is 5.11 Å². The topological polar surface area (TPSA) is 37.3 Å². The molecule has 2 aliphatic rings. The molecule has 0 aromatic carbocycles. The van der Waals surface area contributed by atoms with Gasteiger partial charge in [0.05, 0.1) is 6.10 Å². The molecule has 2 heteroatoms. The van der Waals surface area contributed by atoms with Gasteiger partial charge in [-0.2, -0.15) is 0 Å². The summed E-state index contributed by atoms with van der Waals surface area (Å²) in [7, 11) is 0. The van der Waals surface area contributed by atoms with E-state index in [-0.39, 0.29) is 29.3 Å². The number of aliphatic hydroxyl groups is 1. The molecule has 2 aliphatic carbocycles. The van der Waals surface area contributed by atoms with E-state index in [1.165, 1.54) is 0 Å². The number of allylic oxidation sites excluding steroid dienone is 1. The minimum atomic E-state index is -0.322. The lowest BCUT2D eigenvalue weighted by atomic mass is 9.62. The van der Waals surface area contributed by atoms with E-state index in [1.807, 2.05) is 6.08 Å². The second kappa shape index (κ2) is 3.69. The van der Waals surface area contributed by atoms with Crippen LogP contribution < -0.4 is 0 Å². The molecule has 16 heavy (non-hydrogen) atoms. The maximum atomic E-state index is 12.1. The number of carbonyl (C=O) groups is 1. The average Bonchev–Trinajstić information content (AvgIpc) is 2.37. The SMILES string of the molecule is C=C[C@H]1[C@H]2C(=O)CC(C)(C)[C@@H]2[C@H](O)C[C@H]1C. The monoisotopic (exact) mass is 222 g/mol. The fourth-order valence-corrected chi connectivity index (χ4v) is 4.00. The summed E-state index contributed by atoms with van der Waals surface area (Å²) in [4.78, 5) is 12.1. The van der Waals surface area contributed by atoms with Crippen molar-refractivity contribution in [2.45, 2.75) is 39.7 Å². The van der Waals surface area contributed by atoms with E-state index in [4.69, 9.17) is 0 Å². The Hall–Kier alpha value is -0.630. The number of ketones is 1. The second-order valence-electron chi connectivity index (χ2n) is 6.28. The van der Waals surface area contributed by atoms with Crippen molar-refractivity contribution in [1.29, 1.82) is 0 Å². The third kappa shape index (κ3) is 1.55. The van der Waals surface area contributed by atoms with E-state index in [0.29, 0.717) is 18.1 Å². The first kappa shape index (κ1) is 11.8. The minimum absolute atomic E-state index is 0.00579. The van der Waals surface area contributed by atoms with Crippen molar-refractivity contribution in [3.63, 3.8) is 0 Å². The molecular weight excluding hydrogens is 200 g/mol. The molecule has 0 aromatic heterocycles. The molecule has 2 saturated carbocycles. The molecule has 90 valence electrons. The average molecular weight is 222 g/mol. The standard InChI is InChI=1S/C14H22O2/c1-5-9-8(2)6-10(15)13-12(9)11(16)7-14(13,3)4/h5,8-10,12-13,15H,1,6-7H2,2-4H3/t8-,9-,10-,12+,13-/m1/s1. The molecule has 0 aliphatic heterocycles. The summed E-state index contributed by atoms with van der Waals surface area (Å²) >= 11 is 0. The van der Waals surface area contributed by atoms with Crippen LogP contribution in [-0.4, -0.2) is 17.0 Å². The smallest absolute Gasteiger partial charge is 0.137 e. The molecule has 2 fully saturated rings. The molecule has 0 saturated heterocycles. The Labute approximate surface area is 97.7 Å². The Morgan fingerprint density at radius 1 is 1.50 bits per heavy atom. The van der Waals surface area contributed by atoms with Gasteiger partial charge in [-0.25, -0.2) is 0 Å². The quantitative estimate of drug-likeness (QED) is 0.692. The van der Waals surface area contributed by atoms with Gasteiger partial charge in [0.2, 0.25) is 0 Å². The Morgan fingerprint density at radius 2 is 2.12 bits per heavy atom. The molecule has 0 spiro atoms. The van der Waals surface area contributed by atoms with Gasteiger partial charge in [-0.3, -0.25) is 4.79 Å². The Morgan fingerprint density at radius 3 is 2.69 bits per heavy atom. The zero-order valence-corrected chi connectivity index (χ0v) is 10.4. The number of fused-ring (bicyclic) bond motifs is 1. The molecule has 5 atom stereocenters. The maximum Gasteiger partial charge on any atom is 0.137 e. The molecule has 0 amide bonds. The fraction of sp³-hybridized carbons (Fsp3) is 0.786. The van der Waals surface area contributed by atoms with E-state index >= 15 is 0 Å². The first-order valence-electron chi connectivity index (χ1n) is 6.22. The highest BCUT2D eigenvalue weighted by atomic mass is 16.3. The molecule has 0 heterocycles. The molecule has 0 aromatic rings. The van der Waals surface area contributed by atoms with Gasteiger partial charge in [0.15, 0.2) is 0 Å². The van der Waals surface area contributed by atoms with E-state index in [9.17, 15) is 9.90 Å². The number of hydrogen-bond acceptors (Lipinski definition) is 2. The van der Waals surface area contributed by atoms with Crippen LogP contribution in [0.3, 0.4) is 0 Å². The highest BCUT2D eigenvalue weighted by Gasteiger charge is 2.56. The molecular formula is C14H22O2. The predicted molar refractivity (Wildman–Crippen MR) is 63.9 cm³/mol. The van der Waals surface area contributed by atoms with Crippen LogP contribution in [0.25, 0.3) is 0 Å². The highest BCUT2D eigenvalue weighted by molar-refractivity contribution is 5.85. The normalized spacial score (nSPS) is 46.5. The largest absolute Gasteiger partial charge is 0.393 e. The molecule has 1 N–H and O–H groups in total. The van der Waals surface area contributed by atoms with Gasteiger partial charge in [-0.1, -0.05) is 26.8 Å². The van der Waals surface area contributed by atoms with E-state index in [2.05, 4.69) is 27.4 Å². The maximum absolute atomic E-state index is 12.1. The summed E-state index contributed by atoms with van der Waals surface area (Å²) in [5.41, 5.74) is -0.0530. The number of hydrogen-bond donors (Lipinski definition) is 1. The Balaban J connectivity index is 2.38. The Kier molecular flexibility index (Phi) is 2.73. The van der Waals surface area contributed by atoms with Gasteiger partial charge in [-0.05, 0) is 23.7 Å². The zero-order chi connectivity index (χ0) is 12.1. The van der Waals surface area contributed by atoms with Crippen molar-refractivity contribution in [1.82, 2.24) is 0 Å². The summed E-state index contributed by atoms with van der Waals surface area (Å²) in [6, 6.07) is 0. The van der Waals surface area contributed by atoms with E-state index in [1.54, 1.807) is 0 Å². The summed E-state index contributed by atoms with van der Waals surface area (Å²) in [6.07, 6.45) is 3.01. The van der Waals surface area contributed by atoms with Crippen molar-refractivity contribution in [2.24, 2.45) is 29.1 Å². The molecule has 2 rings (SSSR count). The van der Waals surface area contributed by atoms with Crippen LogP contribution >= 0.6 is 0 Å². The number of carbonyl (C=O) groups excluding carboxylic acids is 1. The van der Waals surface area contributed by atoms with Crippen LogP contribution in [0.1, 0.15) is 33.6 Å². The van der Waals surface area contributed by atoms with Crippen molar-refractivity contribution in [3.8, 4) is 0 Å². The second-order valence-corrected chi connectivity index (χ2v) is 6.28. The summed E-state index contributed by atoms with van der Waals surface area (Å²) in [5, 5.41) is 10.2. The summed E-state index contributed by atoms with van der Waals surface area (Å²) in [6.45, 7) is 10.2. The molecule has 0 unspecified atom stereocenters. The van der Waals surface area contributed by atoms with Crippen LogP contribution in [0.4, 0.5) is 0 Å². The lowest BCUT2D eigenvalue weighted by Gasteiger charge is -2.43. The van der Waals surface area contributed by atoms with E-state index < -0.39 is 0 Å². The third-order valence-electron chi connectivity index (χ3n) is 4.66. The lowest BCUT2D eigenvalue weighted by molar-refractivity contribution is -0.126. The molecule has 0 bridgehead atoms. The van der Waals surface area contributed by atoms with Gasteiger partial charge in [0.1, 0.15) is 5.78 Å². The Bertz CT molecular complexity index is 319. The van der Waals surface area contributed by atoms with Gasteiger partial charge >= 0.3 is 0 Å². The van der Waals surface area contributed by atoms with Crippen LogP contribution in [0.2, 0.25) is 0 Å². The lowest BCUT2D eigenvalue weighted by Crippen LogP contribution is -2.44. The summed E-state index contributed by atoms with van der Waals surface area (Å²) in [5.74, 6) is 1.07. The summed E-state index contributed by atoms with van der Waals surface area (Å²) < 4.78 is 0. The third-order valence-corrected chi connectivity index (χ3v) is 4.66. The first-order valence-corrected chi connectivity index (χ1v) is 6.22. The van der Waals surface area contributed by atoms with Gasteiger partial charge in [0.25, 0.3) is 0 Å². The number of aliphatic hydroxyl groups excluding tert-OH is 1. The highest BCUT2D eigenvalue weighted by Crippen LogP contribution is 2.54. The van der Waals surface area contributed by atoms with Crippen molar-refractivity contribution < 1.29 is 9.90 Å². The molecule has 0 radical (unpaired) electrons. The predicted octanol–water partition coefficient (Wildman–Crippen LogP) is 2.42. The van der Waals surface area contributed by atoms with Crippen molar-refractivity contribution >= 4 is 5.78 Å². The van der Waals surface area contributed by atoms with E-state index in [0.717, 1.165) is 6.42 Å². The van der Waals surface area contributed by atoms with Gasteiger partial charge in [0, 0.05) is 18.3 Å². The van der Waals surface area contributed by atoms with Crippen LogP contribution in [0, 0.1) is 29.1 Å². The zero-order valence-electron chi connectivity index (χ0n) is 10.4. The molecule has 2 nitrogen and oxygen atoms in total. The number of Topliss-reactive ketones (excluding diaryl/α,β-unsaturated/α-hetero) is 1. The fourth-order valence-electron chi connectivity index (χ4n) is 4.00. The van der Waals surface area contributed by atoms with Gasteiger partial charge in [-0.15, -0.1) is 6.58 Å².